The standard InChI is InChI=1S/C15H27NO4/c1-2-3-10-20-11-9-16-13(17)12-15(14(18)19)7-5-4-6-8-15/h2-12H2,1H3,(H,16,17)(H,18,19). The van der Waals surface area contributed by atoms with Gasteiger partial charge in [0, 0.05) is 19.6 Å². The van der Waals surface area contributed by atoms with Gasteiger partial charge in [0.15, 0.2) is 0 Å². The van der Waals surface area contributed by atoms with Crippen molar-refractivity contribution in [2.45, 2.75) is 58.3 Å². The van der Waals surface area contributed by atoms with Crippen molar-refractivity contribution in [2.75, 3.05) is 19.8 Å². The SMILES string of the molecule is CCCCOCCNC(=O)CC1(C(=O)O)CCCCC1. The Bertz CT molecular complexity index is 311. The third kappa shape index (κ3) is 5.49. The van der Waals surface area contributed by atoms with E-state index in [2.05, 4.69) is 12.2 Å². The second-order valence-electron chi connectivity index (χ2n) is 5.64. The number of hydrogen-bond acceptors (Lipinski definition) is 3. The fourth-order valence-electron chi connectivity index (χ4n) is 2.68. The lowest BCUT2D eigenvalue weighted by atomic mass is 9.71. The highest BCUT2D eigenvalue weighted by atomic mass is 16.5. The van der Waals surface area contributed by atoms with Gasteiger partial charge in [0.25, 0.3) is 0 Å². The molecule has 0 spiro atoms. The molecule has 0 bridgehead atoms. The molecule has 116 valence electrons. The molecule has 1 fully saturated rings. The van der Waals surface area contributed by atoms with Crippen LogP contribution in [0.5, 0.6) is 0 Å². The van der Waals surface area contributed by atoms with Gasteiger partial charge in [0.2, 0.25) is 5.91 Å². The van der Waals surface area contributed by atoms with Crippen molar-refractivity contribution in [2.24, 2.45) is 5.41 Å². The van der Waals surface area contributed by atoms with Crippen LogP contribution >= 0.6 is 0 Å². The Morgan fingerprint density at radius 1 is 1.20 bits per heavy atom. The average Bonchev–Trinajstić information content (AvgIpc) is 2.43. The van der Waals surface area contributed by atoms with Crippen LogP contribution in [0.1, 0.15) is 58.3 Å². The van der Waals surface area contributed by atoms with Crippen LogP contribution in [0, 0.1) is 5.41 Å². The minimum absolute atomic E-state index is 0.0945. The molecule has 2 N–H and O–H groups in total. The van der Waals surface area contributed by atoms with Crippen molar-refractivity contribution < 1.29 is 19.4 Å². The summed E-state index contributed by atoms with van der Waals surface area (Å²) in [6.45, 7) is 3.76. The van der Waals surface area contributed by atoms with E-state index in [1.54, 1.807) is 0 Å². The van der Waals surface area contributed by atoms with E-state index in [0.717, 1.165) is 32.1 Å². The Labute approximate surface area is 121 Å². The number of nitrogens with one attached hydrogen (secondary N) is 1. The lowest BCUT2D eigenvalue weighted by Crippen LogP contribution is -2.39. The van der Waals surface area contributed by atoms with Crippen LogP contribution < -0.4 is 5.32 Å². The number of aliphatic carboxylic acids is 1. The summed E-state index contributed by atoms with van der Waals surface area (Å²) in [7, 11) is 0. The summed E-state index contributed by atoms with van der Waals surface area (Å²) in [5.74, 6) is -1.00. The summed E-state index contributed by atoms with van der Waals surface area (Å²) >= 11 is 0. The number of rotatable bonds is 9. The van der Waals surface area contributed by atoms with Gasteiger partial charge in [-0.15, -0.1) is 0 Å². The van der Waals surface area contributed by atoms with Crippen molar-refractivity contribution in [3.8, 4) is 0 Å². The van der Waals surface area contributed by atoms with E-state index in [4.69, 9.17) is 4.74 Å². The van der Waals surface area contributed by atoms with Gasteiger partial charge < -0.3 is 15.2 Å². The molecule has 0 aromatic carbocycles. The van der Waals surface area contributed by atoms with Gasteiger partial charge in [-0.1, -0.05) is 32.6 Å². The molecule has 0 atom stereocenters. The third-order valence-electron chi connectivity index (χ3n) is 3.97. The summed E-state index contributed by atoms with van der Waals surface area (Å²) in [5.41, 5.74) is -0.842. The first-order chi connectivity index (χ1) is 9.60. The highest BCUT2D eigenvalue weighted by molar-refractivity contribution is 5.85. The van der Waals surface area contributed by atoms with Crippen LogP contribution in [0.15, 0.2) is 0 Å². The van der Waals surface area contributed by atoms with Gasteiger partial charge in [-0.2, -0.15) is 0 Å². The highest BCUT2D eigenvalue weighted by Crippen LogP contribution is 2.39. The number of carboxylic acids is 1. The average molecular weight is 285 g/mol. The van der Waals surface area contributed by atoms with E-state index in [9.17, 15) is 14.7 Å². The predicted molar refractivity (Wildman–Crippen MR) is 76.5 cm³/mol. The Morgan fingerprint density at radius 3 is 2.50 bits per heavy atom. The van der Waals surface area contributed by atoms with E-state index in [-0.39, 0.29) is 12.3 Å². The molecule has 1 saturated carbocycles. The van der Waals surface area contributed by atoms with Crippen molar-refractivity contribution in [3.63, 3.8) is 0 Å². The Morgan fingerprint density at radius 2 is 1.90 bits per heavy atom. The van der Waals surface area contributed by atoms with E-state index >= 15 is 0 Å². The van der Waals surface area contributed by atoms with E-state index in [0.29, 0.717) is 32.6 Å². The van der Waals surface area contributed by atoms with Gasteiger partial charge in [-0.3, -0.25) is 9.59 Å². The second kappa shape index (κ2) is 8.95. The van der Waals surface area contributed by atoms with Gasteiger partial charge in [0.1, 0.15) is 0 Å². The number of carbonyl (C=O) groups is 2. The van der Waals surface area contributed by atoms with Crippen molar-refractivity contribution in [1.29, 1.82) is 0 Å². The molecule has 1 aliphatic carbocycles. The number of ether oxygens (including phenoxy) is 1. The van der Waals surface area contributed by atoms with Gasteiger partial charge in [-0.25, -0.2) is 0 Å². The number of hydrogen-bond donors (Lipinski definition) is 2. The maximum Gasteiger partial charge on any atom is 0.310 e. The van der Waals surface area contributed by atoms with Gasteiger partial charge >= 0.3 is 5.97 Å². The monoisotopic (exact) mass is 285 g/mol. The van der Waals surface area contributed by atoms with E-state index < -0.39 is 11.4 Å². The first-order valence-electron chi connectivity index (χ1n) is 7.68. The number of carboxylic acid groups (broad SMARTS) is 1. The van der Waals surface area contributed by atoms with Crippen LogP contribution in [0.2, 0.25) is 0 Å². The van der Waals surface area contributed by atoms with E-state index in [1.165, 1.54) is 0 Å². The minimum atomic E-state index is -0.842. The topological polar surface area (TPSA) is 75.6 Å². The Kier molecular flexibility index (Phi) is 7.59. The van der Waals surface area contributed by atoms with Gasteiger partial charge in [0.05, 0.1) is 12.0 Å². The van der Waals surface area contributed by atoms with E-state index in [1.807, 2.05) is 0 Å². The molecule has 0 aliphatic heterocycles. The molecule has 5 heteroatoms. The first kappa shape index (κ1) is 17.0. The summed E-state index contributed by atoms with van der Waals surface area (Å²) in [6.07, 6.45) is 6.31. The molecular formula is C15H27NO4. The fraction of sp³-hybridized carbons (Fsp3) is 0.867. The molecule has 0 radical (unpaired) electrons. The molecule has 5 nitrogen and oxygen atoms in total. The zero-order valence-electron chi connectivity index (χ0n) is 12.5. The number of carbonyl (C=O) groups excluding carboxylic acids is 1. The second-order valence-corrected chi connectivity index (χ2v) is 5.64. The van der Waals surface area contributed by atoms with Crippen LogP contribution in [-0.2, 0) is 14.3 Å². The Balaban J connectivity index is 2.27. The number of unbranched alkanes of at least 4 members (excludes halogenated alkanes) is 1. The molecule has 1 aliphatic rings. The molecule has 1 rings (SSSR count). The van der Waals surface area contributed by atoms with Crippen LogP contribution in [0.3, 0.4) is 0 Å². The quantitative estimate of drug-likeness (QED) is 0.638. The molecule has 0 aromatic rings. The van der Waals surface area contributed by atoms with Crippen LogP contribution in [0.4, 0.5) is 0 Å². The molecule has 1 amide bonds. The molecule has 0 unspecified atom stereocenters. The first-order valence-corrected chi connectivity index (χ1v) is 7.68. The number of amides is 1. The summed E-state index contributed by atoms with van der Waals surface area (Å²) < 4.78 is 5.36. The maximum atomic E-state index is 11.9. The summed E-state index contributed by atoms with van der Waals surface area (Å²) in [6, 6.07) is 0. The highest BCUT2D eigenvalue weighted by Gasteiger charge is 2.41. The predicted octanol–water partition coefficient (Wildman–Crippen LogP) is 2.34. The minimum Gasteiger partial charge on any atom is -0.481 e. The van der Waals surface area contributed by atoms with Crippen molar-refractivity contribution >= 4 is 11.9 Å². The lowest BCUT2D eigenvalue weighted by molar-refractivity contribution is -0.154. The van der Waals surface area contributed by atoms with Crippen LogP contribution in [0.25, 0.3) is 0 Å². The lowest BCUT2D eigenvalue weighted by Gasteiger charge is -2.32. The van der Waals surface area contributed by atoms with Crippen molar-refractivity contribution in [3.05, 3.63) is 0 Å². The van der Waals surface area contributed by atoms with Crippen molar-refractivity contribution in [1.82, 2.24) is 5.32 Å². The molecule has 0 saturated heterocycles. The third-order valence-corrected chi connectivity index (χ3v) is 3.97. The Hall–Kier alpha value is -1.10. The molecule has 0 aromatic heterocycles. The zero-order chi connectivity index (χ0) is 14.8. The summed E-state index contributed by atoms with van der Waals surface area (Å²) in [5, 5.41) is 12.2. The smallest absolute Gasteiger partial charge is 0.310 e. The maximum absolute atomic E-state index is 11.9. The van der Waals surface area contributed by atoms with Crippen LogP contribution in [-0.4, -0.2) is 36.7 Å². The largest absolute Gasteiger partial charge is 0.481 e. The normalized spacial score (nSPS) is 17.6. The zero-order valence-corrected chi connectivity index (χ0v) is 12.5. The molecule has 20 heavy (non-hydrogen) atoms. The molecular weight excluding hydrogens is 258 g/mol. The molecule has 0 heterocycles. The summed E-state index contributed by atoms with van der Waals surface area (Å²) in [4.78, 5) is 23.3. The van der Waals surface area contributed by atoms with Gasteiger partial charge in [-0.05, 0) is 19.3 Å². The fourth-order valence-corrected chi connectivity index (χ4v) is 2.68.